The molecule has 0 fully saturated rings. The second-order valence-corrected chi connectivity index (χ2v) is 13.4. The lowest BCUT2D eigenvalue weighted by atomic mass is 9.82. The van der Waals surface area contributed by atoms with Crippen molar-refractivity contribution in [2.75, 3.05) is 0 Å². The van der Waals surface area contributed by atoms with Gasteiger partial charge in [-0.05, 0) is 63.7 Å². The molecule has 0 N–H and O–H groups in total. The Morgan fingerprint density at radius 2 is 1.04 bits per heavy atom. The van der Waals surface area contributed by atoms with Gasteiger partial charge in [-0.25, -0.2) is 9.97 Å². The van der Waals surface area contributed by atoms with Crippen LogP contribution in [-0.2, 0) is 5.41 Å². The summed E-state index contributed by atoms with van der Waals surface area (Å²) in [6.45, 7) is 4.64. The molecule has 0 radical (unpaired) electrons. The number of benzene rings is 6. The molecule has 0 saturated heterocycles. The molecule has 3 nitrogen and oxygen atoms in total. The van der Waals surface area contributed by atoms with E-state index in [2.05, 4.69) is 141 Å². The van der Waals surface area contributed by atoms with Crippen LogP contribution in [0.15, 0.2) is 150 Å². The van der Waals surface area contributed by atoms with Crippen LogP contribution in [0.5, 0.6) is 0 Å². The SMILES string of the molecule is CC1(C)c2ccccc2-c2ccc(-c3ccc4ccc5ccc(-c6ccc(-c7cccc8oc9ccccc9c78)cc6)nc5c4n3)cc21. The maximum Gasteiger partial charge on any atom is 0.136 e. The number of aromatic nitrogens is 2. The van der Waals surface area contributed by atoms with Crippen molar-refractivity contribution in [2.24, 2.45) is 0 Å². The van der Waals surface area contributed by atoms with E-state index in [0.717, 1.165) is 77.4 Å². The van der Waals surface area contributed by atoms with E-state index in [1.54, 1.807) is 0 Å². The van der Waals surface area contributed by atoms with Gasteiger partial charge in [0.1, 0.15) is 11.2 Å². The molecule has 1 aliphatic rings. The van der Waals surface area contributed by atoms with Crippen molar-refractivity contribution < 1.29 is 4.42 Å². The van der Waals surface area contributed by atoms with Crippen LogP contribution >= 0.6 is 0 Å². The summed E-state index contributed by atoms with van der Waals surface area (Å²) in [5, 5.41) is 4.45. The molecule has 0 atom stereocenters. The zero-order valence-electron chi connectivity index (χ0n) is 26.7. The highest BCUT2D eigenvalue weighted by molar-refractivity contribution is 6.12. The fourth-order valence-corrected chi connectivity index (χ4v) is 7.79. The van der Waals surface area contributed by atoms with Crippen molar-refractivity contribution in [2.45, 2.75) is 19.3 Å². The smallest absolute Gasteiger partial charge is 0.136 e. The number of nitrogens with zero attached hydrogens (tertiary/aromatic N) is 2. The number of furan rings is 1. The molecule has 9 aromatic rings. The van der Waals surface area contributed by atoms with E-state index in [0.29, 0.717) is 0 Å². The normalized spacial score (nSPS) is 13.4. The highest BCUT2D eigenvalue weighted by Crippen LogP contribution is 2.49. The quantitative estimate of drug-likeness (QED) is 0.186. The molecule has 48 heavy (non-hydrogen) atoms. The third-order valence-electron chi connectivity index (χ3n) is 10.3. The van der Waals surface area contributed by atoms with E-state index < -0.39 is 0 Å². The van der Waals surface area contributed by atoms with Gasteiger partial charge < -0.3 is 4.42 Å². The molecule has 0 saturated carbocycles. The summed E-state index contributed by atoms with van der Waals surface area (Å²) in [7, 11) is 0. The summed E-state index contributed by atoms with van der Waals surface area (Å²) in [5.41, 5.74) is 15.4. The minimum absolute atomic E-state index is 0.0592. The molecule has 1 aliphatic carbocycles. The lowest BCUT2D eigenvalue weighted by molar-refractivity contribution is 0.660. The molecule has 6 aromatic carbocycles. The maximum absolute atomic E-state index is 6.15. The largest absolute Gasteiger partial charge is 0.456 e. The summed E-state index contributed by atoms with van der Waals surface area (Å²) in [6, 6.07) is 51.7. The van der Waals surface area contributed by atoms with Gasteiger partial charge in [-0.15, -0.1) is 0 Å². The molecule has 3 aromatic heterocycles. The molecule has 0 spiro atoms. The first-order chi connectivity index (χ1) is 23.5. The zero-order chi connectivity index (χ0) is 32.0. The molecular weight excluding hydrogens is 585 g/mol. The van der Waals surface area contributed by atoms with E-state index >= 15 is 0 Å². The Morgan fingerprint density at radius 1 is 0.458 bits per heavy atom. The standard InChI is InChI=1S/C45H30N2O/c1-45(2)36-11-5-3-8-33(36)34-23-20-31(26-37(34)45)39-25-22-30-19-18-29-21-24-38(46-43(29)44(30)47-39)28-16-14-27(15-17-28)32-10-7-13-41-42(32)35-9-4-6-12-40(35)48-41/h3-26H,1-2H3. The molecule has 3 heteroatoms. The molecule has 3 heterocycles. The lowest BCUT2D eigenvalue weighted by Crippen LogP contribution is -2.14. The van der Waals surface area contributed by atoms with Crippen LogP contribution < -0.4 is 0 Å². The first-order valence-corrected chi connectivity index (χ1v) is 16.5. The van der Waals surface area contributed by atoms with Crippen LogP contribution in [0.3, 0.4) is 0 Å². The Hall–Kier alpha value is -6.06. The highest BCUT2D eigenvalue weighted by atomic mass is 16.3. The van der Waals surface area contributed by atoms with Gasteiger partial charge in [0.2, 0.25) is 0 Å². The average molecular weight is 615 g/mol. The summed E-state index contributed by atoms with van der Waals surface area (Å²) >= 11 is 0. The highest BCUT2D eigenvalue weighted by Gasteiger charge is 2.35. The van der Waals surface area contributed by atoms with E-state index in [9.17, 15) is 0 Å². The minimum atomic E-state index is -0.0592. The van der Waals surface area contributed by atoms with Crippen molar-refractivity contribution in [3.8, 4) is 44.8 Å². The van der Waals surface area contributed by atoms with Crippen LogP contribution in [-0.4, -0.2) is 9.97 Å². The first-order valence-electron chi connectivity index (χ1n) is 16.5. The topological polar surface area (TPSA) is 38.9 Å². The van der Waals surface area contributed by atoms with Gasteiger partial charge in [-0.2, -0.15) is 0 Å². The molecule has 0 aliphatic heterocycles. The Morgan fingerprint density at radius 3 is 1.83 bits per heavy atom. The third kappa shape index (κ3) is 3.94. The third-order valence-corrected chi connectivity index (χ3v) is 10.3. The number of hydrogen-bond acceptors (Lipinski definition) is 3. The van der Waals surface area contributed by atoms with Crippen molar-refractivity contribution in [3.05, 3.63) is 157 Å². The molecule has 0 amide bonds. The van der Waals surface area contributed by atoms with Gasteiger partial charge >= 0.3 is 0 Å². The second-order valence-electron chi connectivity index (χ2n) is 13.4. The molecule has 0 unspecified atom stereocenters. The number of fused-ring (bicyclic) bond motifs is 9. The van der Waals surface area contributed by atoms with E-state index in [1.165, 1.54) is 22.3 Å². The van der Waals surface area contributed by atoms with Crippen molar-refractivity contribution in [3.63, 3.8) is 0 Å². The van der Waals surface area contributed by atoms with Crippen molar-refractivity contribution in [1.82, 2.24) is 9.97 Å². The predicted molar refractivity (Wildman–Crippen MR) is 198 cm³/mol. The van der Waals surface area contributed by atoms with Crippen LogP contribution in [0.25, 0.3) is 88.5 Å². The van der Waals surface area contributed by atoms with E-state index in [-0.39, 0.29) is 5.41 Å². The second kappa shape index (κ2) is 9.97. The Kier molecular flexibility index (Phi) is 5.63. The Bertz CT molecular complexity index is 2750. The monoisotopic (exact) mass is 614 g/mol. The van der Waals surface area contributed by atoms with E-state index in [4.69, 9.17) is 14.4 Å². The molecular formula is C45H30N2O. The fourth-order valence-electron chi connectivity index (χ4n) is 7.79. The number of hydrogen-bond donors (Lipinski definition) is 0. The minimum Gasteiger partial charge on any atom is -0.456 e. The Balaban J connectivity index is 1.05. The Labute approximate surface area is 278 Å². The van der Waals surface area contributed by atoms with E-state index in [1.807, 2.05) is 18.2 Å². The van der Waals surface area contributed by atoms with Crippen LogP contribution in [0.1, 0.15) is 25.0 Å². The summed E-state index contributed by atoms with van der Waals surface area (Å²) < 4.78 is 6.15. The van der Waals surface area contributed by atoms with Crippen LogP contribution in [0, 0.1) is 0 Å². The van der Waals surface area contributed by atoms with Crippen LogP contribution in [0.2, 0.25) is 0 Å². The molecule has 0 bridgehead atoms. The maximum atomic E-state index is 6.15. The fraction of sp³-hybridized carbons (Fsp3) is 0.0667. The number of para-hydroxylation sites is 1. The summed E-state index contributed by atoms with van der Waals surface area (Å²) in [4.78, 5) is 10.5. The zero-order valence-corrected chi connectivity index (χ0v) is 26.7. The van der Waals surface area contributed by atoms with Crippen molar-refractivity contribution in [1.29, 1.82) is 0 Å². The van der Waals surface area contributed by atoms with Gasteiger partial charge in [0, 0.05) is 38.1 Å². The molecule has 10 rings (SSSR count). The van der Waals surface area contributed by atoms with Gasteiger partial charge in [0.05, 0.1) is 22.4 Å². The number of rotatable bonds is 3. The van der Waals surface area contributed by atoms with Gasteiger partial charge in [0.15, 0.2) is 0 Å². The predicted octanol–water partition coefficient (Wildman–Crippen LogP) is 12.0. The first kappa shape index (κ1) is 27.1. The van der Waals surface area contributed by atoms with Gasteiger partial charge in [0.25, 0.3) is 0 Å². The number of pyridine rings is 2. The van der Waals surface area contributed by atoms with Crippen molar-refractivity contribution >= 4 is 43.7 Å². The van der Waals surface area contributed by atoms with Gasteiger partial charge in [-0.3, -0.25) is 0 Å². The lowest BCUT2D eigenvalue weighted by Gasteiger charge is -2.21. The van der Waals surface area contributed by atoms with Gasteiger partial charge in [-0.1, -0.05) is 129 Å². The average Bonchev–Trinajstić information content (AvgIpc) is 3.63. The summed E-state index contributed by atoms with van der Waals surface area (Å²) in [5.74, 6) is 0. The summed E-state index contributed by atoms with van der Waals surface area (Å²) in [6.07, 6.45) is 0. The van der Waals surface area contributed by atoms with Crippen LogP contribution in [0.4, 0.5) is 0 Å². The molecule has 226 valence electrons.